The van der Waals surface area contributed by atoms with Gasteiger partial charge in [0.05, 0.1) is 11.9 Å². The van der Waals surface area contributed by atoms with Crippen LogP contribution >= 0.6 is 0 Å². The first-order valence-electron chi connectivity index (χ1n) is 6.12. The largest absolute Gasteiger partial charge is 0.312 e. The van der Waals surface area contributed by atoms with Crippen molar-refractivity contribution in [1.29, 1.82) is 0 Å². The molecule has 2 aliphatic rings. The van der Waals surface area contributed by atoms with E-state index in [4.69, 9.17) is 0 Å². The number of piperidine rings is 1. The molecule has 0 radical (unpaired) electrons. The van der Waals surface area contributed by atoms with Gasteiger partial charge in [0.15, 0.2) is 0 Å². The Morgan fingerprint density at radius 3 is 3.12 bits per heavy atom. The summed E-state index contributed by atoms with van der Waals surface area (Å²) in [6.45, 7) is 4.47. The van der Waals surface area contributed by atoms with E-state index >= 15 is 0 Å². The van der Waals surface area contributed by atoms with Gasteiger partial charge < -0.3 is 10.2 Å². The molecule has 88 valence electrons. The SMILES string of the molecule is CN1CCCC2(CNCc3cnn(C)c32)C1. The molecule has 3 heterocycles. The molecule has 1 saturated heterocycles. The van der Waals surface area contributed by atoms with Crippen LogP contribution in [0.25, 0.3) is 0 Å². The van der Waals surface area contributed by atoms with Gasteiger partial charge in [-0.3, -0.25) is 4.68 Å². The van der Waals surface area contributed by atoms with Gasteiger partial charge in [0.25, 0.3) is 0 Å². The Kier molecular flexibility index (Phi) is 2.30. The zero-order chi connectivity index (χ0) is 11.2. The van der Waals surface area contributed by atoms with Crippen LogP contribution in [0.2, 0.25) is 0 Å². The highest BCUT2D eigenvalue weighted by Crippen LogP contribution is 2.37. The second-order valence-electron chi connectivity index (χ2n) is 5.37. The van der Waals surface area contributed by atoms with Crippen LogP contribution in [-0.2, 0) is 19.0 Å². The summed E-state index contributed by atoms with van der Waals surface area (Å²) in [7, 11) is 4.31. The number of fused-ring (bicyclic) bond motifs is 2. The van der Waals surface area contributed by atoms with Crippen molar-refractivity contribution in [3.63, 3.8) is 0 Å². The number of likely N-dealkylation sites (N-methyl/N-ethyl adjacent to an activating group) is 1. The number of aryl methyl sites for hydroxylation is 1. The van der Waals surface area contributed by atoms with Gasteiger partial charge in [0.2, 0.25) is 0 Å². The normalized spacial score (nSPS) is 30.6. The van der Waals surface area contributed by atoms with E-state index in [2.05, 4.69) is 34.1 Å². The lowest BCUT2D eigenvalue weighted by Gasteiger charge is -2.44. The molecule has 4 heteroatoms. The summed E-state index contributed by atoms with van der Waals surface area (Å²) < 4.78 is 2.09. The molecule has 1 atom stereocenters. The van der Waals surface area contributed by atoms with E-state index in [1.807, 2.05) is 6.20 Å². The lowest BCUT2D eigenvalue weighted by atomic mass is 9.74. The zero-order valence-electron chi connectivity index (χ0n) is 10.2. The minimum atomic E-state index is 0.297. The summed E-state index contributed by atoms with van der Waals surface area (Å²) in [5, 5.41) is 7.99. The number of aromatic nitrogens is 2. The first-order valence-corrected chi connectivity index (χ1v) is 6.12. The maximum Gasteiger partial charge on any atom is 0.0537 e. The van der Waals surface area contributed by atoms with Crippen molar-refractivity contribution in [2.45, 2.75) is 24.8 Å². The Labute approximate surface area is 96.6 Å². The van der Waals surface area contributed by atoms with Crippen LogP contribution in [0.1, 0.15) is 24.1 Å². The minimum Gasteiger partial charge on any atom is -0.312 e. The Balaban J connectivity index is 2.05. The number of nitrogens with zero attached hydrogens (tertiary/aromatic N) is 3. The lowest BCUT2D eigenvalue weighted by Crippen LogP contribution is -2.53. The van der Waals surface area contributed by atoms with Crippen LogP contribution in [0.15, 0.2) is 6.20 Å². The summed E-state index contributed by atoms with van der Waals surface area (Å²) in [6, 6.07) is 0. The van der Waals surface area contributed by atoms with Gasteiger partial charge in [-0.2, -0.15) is 5.10 Å². The van der Waals surface area contributed by atoms with Crippen LogP contribution in [0.3, 0.4) is 0 Å². The van der Waals surface area contributed by atoms with Crippen molar-refractivity contribution in [3.05, 3.63) is 17.5 Å². The fourth-order valence-corrected chi connectivity index (χ4v) is 3.52. The second-order valence-corrected chi connectivity index (χ2v) is 5.37. The molecular weight excluding hydrogens is 200 g/mol. The van der Waals surface area contributed by atoms with Crippen molar-refractivity contribution in [2.75, 3.05) is 26.7 Å². The fraction of sp³-hybridized carbons (Fsp3) is 0.750. The topological polar surface area (TPSA) is 33.1 Å². The van der Waals surface area contributed by atoms with E-state index < -0.39 is 0 Å². The number of hydrogen-bond donors (Lipinski definition) is 1. The first-order chi connectivity index (χ1) is 7.71. The molecule has 1 N–H and O–H groups in total. The van der Waals surface area contributed by atoms with Crippen LogP contribution in [0, 0.1) is 0 Å². The maximum absolute atomic E-state index is 4.43. The number of hydrogen-bond acceptors (Lipinski definition) is 3. The number of rotatable bonds is 0. The molecule has 1 fully saturated rings. The van der Waals surface area contributed by atoms with Crippen LogP contribution in [0.5, 0.6) is 0 Å². The quantitative estimate of drug-likeness (QED) is 0.690. The predicted molar refractivity (Wildman–Crippen MR) is 63.3 cm³/mol. The standard InChI is InChI=1S/C12H20N4/c1-15-5-3-4-12(9-15)8-13-6-10-7-14-16(2)11(10)12/h7,13H,3-6,8-9H2,1-2H3. The van der Waals surface area contributed by atoms with E-state index in [1.54, 1.807) is 0 Å². The Hall–Kier alpha value is -0.870. The molecule has 1 aromatic heterocycles. The van der Waals surface area contributed by atoms with Crippen molar-refractivity contribution in [3.8, 4) is 0 Å². The van der Waals surface area contributed by atoms with Crippen molar-refractivity contribution < 1.29 is 0 Å². The third-order valence-corrected chi connectivity index (χ3v) is 4.06. The molecule has 0 aromatic carbocycles. The summed E-state index contributed by atoms with van der Waals surface area (Å²) in [4.78, 5) is 2.45. The monoisotopic (exact) mass is 220 g/mol. The molecule has 16 heavy (non-hydrogen) atoms. The van der Waals surface area contributed by atoms with E-state index in [1.165, 1.54) is 30.6 Å². The molecule has 0 saturated carbocycles. The molecule has 0 amide bonds. The molecular formula is C12H20N4. The Bertz CT molecular complexity index is 398. The van der Waals surface area contributed by atoms with Crippen molar-refractivity contribution in [1.82, 2.24) is 20.0 Å². The van der Waals surface area contributed by atoms with Crippen molar-refractivity contribution in [2.24, 2.45) is 7.05 Å². The molecule has 1 aromatic rings. The highest BCUT2D eigenvalue weighted by Gasteiger charge is 2.41. The average Bonchev–Trinajstić information content (AvgIpc) is 2.62. The molecule has 1 spiro atoms. The fourth-order valence-electron chi connectivity index (χ4n) is 3.52. The van der Waals surface area contributed by atoms with Gasteiger partial charge in [0, 0.05) is 37.7 Å². The predicted octanol–water partition coefficient (Wildman–Crippen LogP) is 0.487. The zero-order valence-corrected chi connectivity index (χ0v) is 10.2. The Morgan fingerprint density at radius 2 is 2.31 bits per heavy atom. The van der Waals surface area contributed by atoms with Gasteiger partial charge in [-0.05, 0) is 26.4 Å². The van der Waals surface area contributed by atoms with Crippen LogP contribution < -0.4 is 5.32 Å². The maximum atomic E-state index is 4.43. The molecule has 3 rings (SSSR count). The number of nitrogens with one attached hydrogen (secondary N) is 1. The smallest absolute Gasteiger partial charge is 0.0537 e. The second kappa shape index (κ2) is 3.57. The first kappa shape index (κ1) is 10.3. The highest BCUT2D eigenvalue weighted by atomic mass is 15.3. The summed E-state index contributed by atoms with van der Waals surface area (Å²) in [6.07, 6.45) is 4.61. The highest BCUT2D eigenvalue weighted by molar-refractivity contribution is 5.31. The molecule has 4 nitrogen and oxygen atoms in total. The van der Waals surface area contributed by atoms with Gasteiger partial charge in [-0.15, -0.1) is 0 Å². The average molecular weight is 220 g/mol. The molecule has 2 aliphatic heterocycles. The number of likely N-dealkylation sites (tertiary alicyclic amines) is 1. The van der Waals surface area contributed by atoms with Gasteiger partial charge in [-0.1, -0.05) is 0 Å². The third-order valence-electron chi connectivity index (χ3n) is 4.06. The molecule has 0 aliphatic carbocycles. The van der Waals surface area contributed by atoms with E-state index in [0.717, 1.165) is 19.6 Å². The lowest BCUT2D eigenvalue weighted by molar-refractivity contribution is 0.156. The minimum absolute atomic E-state index is 0.297. The van der Waals surface area contributed by atoms with Crippen LogP contribution in [-0.4, -0.2) is 41.4 Å². The molecule has 0 bridgehead atoms. The summed E-state index contributed by atoms with van der Waals surface area (Å²) in [5.74, 6) is 0. The molecule has 1 unspecified atom stereocenters. The van der Waals surface area contributed by atoms with E-state index in [0.29, 0.717) is 5.41 Å². The van der Waals surface area contributed by atoms with Gasteiger partial charge in [0.1, 0.15) is 0 Å². The Morgan fingerprint density at radius 1 is 1.44 bits per heavy atom. The van der Waals surface area contributed by atoms with Gasteiger partial charge >= 0.3 is 0 Å². The summed E-state index contributed by atoms with van der Waals surface area (Å²) in [5.41, 5.74) is 3.16. The van der Waals surface area contributed by atoms with E-state index in [-0.39, 0.29) is 0 Å². The van der Waals surface area contributed by atoms with Crippen LogP contribution in [0.4, 0.5) is 0 Å². The summed E-state index contributed by atoms with van der Waals surface area (Å²) >= 11 is 0. The third kappa shape index (κ3) is 1.40. The van der Waals surface area contributed by atoms with Crippen molar-refractivity contribution >= 4 is 0 Å². The van der Waals surface area contributed by atoms with E-state index in [9.17, 15) is 0 Å². The van der Waals surface area contributed by atoms with Gasteiger partial charge in [-0.25, -0.2) is 0 Å².